The van der Waals surface area contributed by atoms with Crippen LogP contribution >= 0.6 is 0 Å². The van der Waals surface area contributed by atoms with Crippen molar-refractivity contribution in [2.45, 2.75) is 139 Å². The van der Waals surface area contributed by atoms with Crippen LogP contribution < -0.4 is 20.9 Å². The Balaban J connectivity index is 0.000000475. The second-order valence-corrected chi connectivity index (χ2v) is 17.2. The van der Waals surface area contributed by atoms with Crippen LogP contribution in [0.4, 0.5) is 11.4 Å². The molecule has 59 heavy (non-hydrogen) atoms. The quantitative estimate of drug-likeness (QED) is 0.0871. The third-order valence-corrected chi connectivity index (χ3v) is 10.4. The molecule has 0 unspecified atom stereocenters. The van der Waals surface area contributed by atoms with E-state index in [1.807, 2.05) is 18.7 Å². The van der Waals surface area contributed by atoms with Gasteiger partial charge in [-0.05, 0) is 117 Å². The van der Waals surface area contributed by atoms with Crippen LogP contribution in [0, 0.1) is 25.7 Å². The van der Waals surface area contributed by atoms with E-state index in [9.17, 15) is 14.3 Å². The maximum absolute atomic E-state index is 12.6. The Morgan fingerprint density at radius 2 is 1.22 bits per heavy atom. The number of hydrogen-bond acceptors (Lipinski definition) is 8. The molecule has 10 nitrogen and oxygen atoms in total. The zero-order valence-corrected chi connectivity index (χ0v) is 37.4. The summed E-state index contributed by atoms with van der Waals surface area (Å²) in [6, 6.07) is 17.7. The monoisotopic (exact) mass is 815 g/mol. The molecule has 0 aromatic heterocycles. The summed E-state index contributed by atoms with van der Waals surface area (Å²) in [4.78, 5) is 33.7. The average molecular weight is 815 g/mol. The summed E-state index contributed by atoms with van der Waals surface area (Å²) < 4.78 is 9.88. The van der Waals surface area contributed by atoms with Crippen molar-refractivity contribution in [3.05, 3.63) is 83.0 Å². The number of piperidine rings is 2. The number of aliphatic carboxylic acids is 1. The van der Waals surface area contributed by atoms with Gasteiger partial charge in [-0.2, -0.15) is 0 Å². The molecule has 328 valence electrons. The van der Waals surface area contributed by atoms with E-state index in [4.69, 9.17) is 10.8 Å². The molecule has 2 aromatic carbocycles. The number of likely N-dealkylation sites (tertiary alicyclic amines) is 1. The number of rotatable bonds is 16. The zero-order valence-electron chi connectivity index (χ0n) is 37.4. The number of nitrogens with zero attached hydrogens (tertiary/aromatic N) is 4. The van der Waals surface area contributed by atoms with Gasteiger partial charge < -0.3 is 25.8 Å². The molecule has 2 heterocycles. The van der Waals surface area contributed by atoms with Crippen LogP contribution in [-0.4, -0.2) is 98.6 Å². The average Bonchev–Trinajstić information content (AvgIpc) is 3.18. The van der Waals surface area contributed by atoms with Crippen LogP contribution in [-0.2, 0) is 14.3 Å². The van der Waals surface area contributed by atoms with E-state index >= 15 is 0 Å². The van der Waals surface area contributed by atoms with Crippen molar-refractivity contribution in [1.82, 2.24) is 10.2 Å². The molecule has 2 saturated heterocycles. The van der Waals surface area contributed by atoms with Crippen molar-refractivity contribution < 1.29 is 19.4 Å². The van der Waals surface area contributed by atoms with Crippen LogP contribution in [0.5, 0.6) is 0 Å². The molecule has 0 spiro atoms. The Bertz CT molecular complexity index is 1590. The maximum atomic E-state index is 12.6. The molecule has 0 radical (unpaired) electrons. The first-order chi connectivity index (χ1) is 27.5. The van der Waals surface area contributed by atoms with Gasteiger partial charge in [-0.1, -0.05) is 80.0 Å². The van der Waals surface area contributed by atoms with E-state index in [1.54, 1.807) is 0 Å². The number of carbonyl (C=O) groups excluding carboxylic acids is 1. The molecule has 4 rings (SSSR count). The molecular formula is C48H79BN6O4. The number of anilines is 2. The van der Waals surface area contributed by atoms with Crippen LogP contribution in [0.3, 0.4) is 0 Å². The summed E-state index contributed by atoms with van der Waals surface area (Å²) >= 11 is 0. The minimum atomic E-state index is -0.984. The normalized spacial score (nSPS) is 15.4. The van der Waals surface area contributed by atoms with Crippen molar-refractivity contribution in [3.63, 3.8) is 0 Å². The molecule has 2 aromatic rings. The summed E-state index contributed by atoms with van der Waals surface area (Å²) in [5, 5.41) is 12.1. The molecule has 2 fully saturated rings. The van der Waals surface area contributed by atoms with Crippen molar-refractivity contribution >= 4 is 36.5 Å². The number of carboxylic acid groups (broad SMARTS) is 1. The molecule has 2 atom stereocenters. The van der Waals surface area contributed by atoms with E-state index in [-0.39, 0.29) is 25.3 Å². The van der Waals surface area contributed by atoms with Gasteiger partial charge in [-0.3, -0.25) is 4.79 Å². The number of nitrogens with one attached hydrogen (secondary N) is 1. The number of aliphatic imine (C=N–C) groups is 1. The fraction of sp³-hybridized carbons (Fsp3) is 0.604. The number of nitrogens with two attached hydrogens (primary N) is 1. The zero-order chi connectivity index (χ0) is 43.2. The fourth-order valence-electron chi connectivity index (χ4n) is 7.14. The fourth-order valence-corrected chi connectivity index (χ4v) is 7.14. The first-order valence-electron chi connectivity index (χ1n) is 21.4. The van der Waals surface area contributed by atoms with Crippen molar-refractivity contribution in [2.24, 2.45) is 22.6 Å². The van der Waals surface area contributed by atoms with Gasteiger partial charge in [0.2, 0.25) is 5.91 Å². The summed E-state index contributed by atoms with van der Waals surface area (Å²) in [5.74, 6) is -0.160. The van der Waals surface area contributed by atoms with Gasteiger partial charge in [0.1, 0.15) is 0 Å². The van der Waals surface area contributed by atoms with Crippen molar-refractivity contribution in [2.75, 3.05) is 49.1 Å². The number of allylic oxidation sites excluding steroid dienone is 2. The Hall–Kier alpha value is -4.09. The number of amides is 1. The molecule has 11 heteroatoms. The van der Waals surface area contributed by atoms with E-state index in [0.29, 0.717) is 31.6 Å². The van der Waals surface area contributed by atoms with Crippen LogP contribution in [0.15, 0.2) is 76.8 Å². The SMILES string of the molecule is C.CC(C)=CCN(c1ccc(C)cc1)C1CCN(C(=O)[C@@H](N)CC(C)C)CC1.CC(C)=CCN(c1ccc(C)cc1)C1CCNCC1.CC(C)C[C@H](N=CB=O)C(=O)O. The summed E-state index contributed by atoms with van der Waals surface area (Å²) in [7, 11) is 0.482. The second kappa shape index (κ2) is 28.4. The standard InChI is InChI=1S/C23H37N3O.C17H26N2.C7H12BNO3.CH4/c1-17(2)10-15-26(20-8-6-19(5)7-9-20)21-11-13-25(14-12-21)23(27)22(24)16-18(3)4;1-14(2)10-13-19(17-8-11-18-12-9-17)16-6-4-15(3)5-7-16;1-5(2)3-6(7(10)11)9-4-8-12;/h6-10,18,21-22H,11-16,24H2,1-5H3;4-7,10,17-18H,8-9,11-13H2,1-3H3;4-6H,3H2,1-2H3,(H,10,11);1H4/t22-;;6-;/m0.0./s1. The number of aryl methyl sites for hydroxylation is 2. The first-order valence-corrected chi connectivity index (χ1v) is 21.4. The predicted molar refractivity (Wildman–Crippen MR) is 251 cm³/mol. The Morgan fingerprint density at radius 1 is 0.797 bits per heavy atom. The van der Waals surface area contributed by atoms with Gasteiger partial charge in [-0.25, -0.2) is 0 Å². The van der Waals surface area contributed by atoms with Crippen LogP contribution in [0.2, 0.25) is 0 Å². The Labute approximate surface area is 359 Å². The molecule has 4 N–H and O–H groups in total. The van der Waals surface area contributed by atoms with Gasteiger partial charge in [0.15, 0.2) is 0 Å². The van der Waals surface area contributed by atoms with E-state index in [0.717, 1.165) is 64.6 Å². The topological polar surface area (TPSA) is 132 Å². The van der Waals surface area contributed by atoms with Gasteiger partial charge in [0.25, 0.3) is 0 Å². The van der Waals surface area contributed by atoms with Gasteiger partial charge >= 0.3 is 71.1 Å². The molecule has 0 bridgehead atoms. The molecule has 0 saturated carbocycles. The number of hydrogen-bond donors (Lipinski definition) is 3. The van der Waals surface area contributed by atoms with Crippen molar-refractivity contribution in [1.29, 1.82) is 0 Å². The van der Waals surface area contributed by atoms with Gasteiger partial charge in [-0.15, -0.1) is 0 Å². The number of benzene rings is 2. The summed E-state index contributed by atoms with van der Waals surface area (Å²) in [6.45, 7) is 26.8. The summed E-state index contributed by atoms with van der Waals surface area (Å²) in [5.41, 5.74) is 14.1. The van der Waals surface area contributed by atoms with Crippen LogP contribution in [0.1, 0.15) is 112 Å². The van der Waals surface area contributed by atoms with Gasteiger partial charge in [0.05, 0.1) is 6.04 Å². The van der Waals surface area contributed by atoms with E-state index < -0.39 is 12.0 Å². The summed E-state index contributed by atoms with van der Waals surface area (Å²) in [6.07, 6.45) is 11.3. The van der Waals surface area contributed by atoms with E-state index in [2.05, 4.69) is 136 Å². The Kier molecular flexibility index (Phi) is 25.5. The van der Waals surface area contributed by atoms with Crippen LogP contribution in [0.25, 0.3) is 0 Å². The molecular weight excluding hydrogens is 735 g/mol. The Morgan fingerprint density at radius 3 is 1.59 bits per heavy atom. The minimum absolute atomic E-state index is 0. The van der Waals surface area contributed by atoms with Crippen molar-refractivity contribution in [3.8, 4) is 0 Å². The second-order valence-electron chi connectivity index (χ2n) is 17.2. The predicted octanol–water partition coefficient (Wildman–Crippen LogP) is 8.85. The van der Waals surface area contributed by atoms with E-state index in [1.165, 1.54) is 46.5 Å². The molecule has 2 aliphatic heterocycles. The molecule has 2 aliphatic rings. The first kappa shape index (κ1) is 52.9. The van der Waals surface area contributed by atoms with Gasteiger partial charge in [0, 0.05) is 49.6 Å². The number of carboxylic acids is 1. The third kappa shape index (κ3) is 20.6. The molecule has 0 aliphatic carbocycles. The number of carbonyl (C=O) groups is 2. The molecule has 1 amide bonds. The third-order valence-electron chi connectivity index (χ3n) is 10.4.